The van der Waals surface area contributed by atoms with Gasteiger partial charge in [-0.25, -0.2) is 4.79 Å². The summed E-state index contributed by atoms with van der Waals surface area (Å²) in [5, 5.41) is 7.82. The molecule has 0 aliphatic rings. The fourth-order valence-electron chi connectivity index (χ4n) is 4.10. The molecule has 0 saturated carbocycles. The predicted molar refractivity (Wildman–Crippen MR) is 137 cm³/mol. The van der Waals surface area contributed by atoms with Crippen LogP contribution in [0.1, 0.15) is 40.2 Å². The largest absolute Gasteiger partial charge is 0.331 e. The third kappa shape index (κ3) is 3.93. The second kappa shape index (κ2) is 8.72. The molecule has 0 radical (unpaired) electrons. The average Bonchev–Trinajstić information content (AvgIpc) is 3.49. The van der Waals surface area contributed by atoms with Crippen LogP contribution in [0.3, 0.4) is 0 Å². The van der Waals surface area contributed by atoms with Gasteiger partial charge in [-0.1, -0.05) is 35.0 Å². The summed E-state index contributed by atoms with van der Waals surface area (Å²) in [7, 11) is 0. The topological polar surface area (TPSA) is 60.7 Å². The van der Waals surface area contributed by atoms with Gasteiger partial charge < -0.3 is 9.40 Å². The molecule has 0 spiro atoms. The Hall–Kier alpha value is -4.03. The lowest BCUT2D eigenvalue weighted by molar-refractivity contribution is -0.140. The molecule has 0 N–H and O–H groups in total. The van der Waals surface area contributed by atoms with E-state index < -0.39 is 5.97 Å². The highest BCUT2D eigenvalue weighted by molar-refractivity contribution is 7.12. The molecule has 2 heterocycles. The third-order valence-electron chi connectivity index (χ3n) is 5.79. The van der Waals surface area contributed by atoms with Crippen LogP contribution in [0.25, 0.3) is 27.5 Å². The Labute approximate surface area is 200 Å². The van der Waals surface area contributed by atoms with Crippen molar-refractivity contribution in [1.82, 2.24) is 4.57 Å². The number of carbonyl (C=O) groups excluding carboxylic acids is 2. The molecule has 0 amide bonds. The van der Waals surface area contributed by atoms with Crippen molar-refractivity contribution < 1.29 is 14.4 Å². The van der Waals surface area contributed by atoms with Crippen molar-refractivity contribution in [1.29, 1.82) is 0 Å². The summed E-state index contributed by atoms with van der Waals surface area (Å²) in [6, 6.07) is 24.0. The van der Waals surface area contributed by atoms with E-state index >= 15 is 0 Å². The molecular formula is C28H22N2O3S. The maximum Gasteiger partial charge on any atom is 0.331 e. The minimum absolute atomic E-state index is 0.0110. The monoisotopic (exact) mass is 466 g/mol. The van der Waals surface area contributed by atoms with Crippen LogP contribution >= 0.6 is 11.3 Å². The van der Waals surface area contributed by atoms with E-state index in [0.717, 1.165) is 33.1 Å². The predicted octanol–water partition coefficient (Wildman–Crippen LogP) is 6.67. The number of rotatable bonds is 5. The zero-order chi connectivity index (χ0) is 23.8. The number of ketones is 1. The average molecular weight is 467 g/mol. The molecule has 0 saturated heterocycles. The third-order valence-corrected chi connectivity index (χ3v) is 6.66. The first-order valence-corrected chi connectivity index (χ1v) is 11.8. The molecule has 0 fully saturated rings. The van der Waals surface area contributed by atoms with Crippen LogP contribution in [0.15, 0.2) is 83.3 Å². The number of oxime groups is 1. The fraction of sp³-hybridized carbons (Fsp3) is 0.107. The second-order valence-electron chi connectivity index (χ2n) is 8.20. The summed E-state index contributed by atoms with van der Waals surface area (Å²) in [4.78, 5) is 29.8. The number of nitrogens with zero attached hydrogens (tertiary/aromatic N) is 2. The first kappa shape index (κ1) is 21.8. The molecule has 5 rings (SSSR count). The number of aromatic nitrogens is 1. The minimum Gasteiger partial charge on any atom is -0.318 e. The molecule has 2 aromatic heterocycles. The zero-order valence-corrected chi connectivity index (χ0v) is 19.8. The molecule has 5 aromatic rings. The van der Waals surface area contributed by atoms with Crippen LogP contribution in [-0.2, 0) is 9.63 Å². The molecule has 34 heavy (non-hydrogen) atoms. The van der Waals surface area contributed by atoms with E-state index in [2.05, 4.69) is 40.9 Å². The number of hydrogen-bond acceptors (Lipinski definition) is 5. The van der Waals surface area contributed by atoms with Crippen LogP contribution in [0.2, 0.25) is 0 Å². The van der Waals surface area contributed by atoms with Crippen molar-refractivity contribution in [3.63, 3.8) is 0 Å². The SMILES string of the molecule is CC(=O)O/N=C(\C)c1ccc2c(c1)c1cc(C(=O)c3cccs3)ccc1n2-c1ccc(C)cc1. The van der Waals surface area contributed by atoms with Crippen molar-refractivity contribution in [2.45, 2.75) is 20.8 Å². The van der Waals surface area contributed by atoms with Crippen LogP contribution < -0.4 is 0 Å². The highest BCUT2D eigenvalue weighted by Gasteiger charge is 2.17. The molecule has 5 nitrogen and oxygen atoms in total. The van der Waals surface area contributed by atoms with Gasteiger partial charge in [0.05, 0.1) is 21.6 Å². The molecule has 0 bridgehead atoms. The maximum atomic E-state index is 13.1. The van der Waals surface area contributed by atoms with E-state index in [9.17, 15) is 9.59 Å². The Morgan fingerprint density at radius 2 is 1.50 bits per heavy atom. The normalized spacial score (nSPS) is 11.8. The van der Waals surface area contributed by atoms with Gasteiger partial charge in [0.2, 0.25) is 5.78 Å². The minimum atomic E-state index is -0.465. The number of hydrogen-bond donors (Lipinski definition) is 0. The highest BCUT2D eigenvalue weighted by Crippen LogP contribution is 2.34. The van der Waals surface area contributed by atoms with E-state index in [1.165, 1.54) is 23.8 Å². The van der Waals surface area contributed by atoms with Gasteiger partial charge in [-0.15, -0.1) is 11.3 Å². The summed E-state index contributed by atoms with van der Waals surface area (Å²) < 4.78 is 2.20. The first-order valence-electron chi connectivity index (χ1n) is 10.9. The van der Waals surface area contributed by atoms with E-state index in [1.54, 1.807) is 6.92 Å². The summed E-state index contributed by atoms with van der Waals surface area (Å²) in [6.45, 7) is 5.19. The molecule has 0 aliphatic heterocycles. The van der Waals surface area contributed by atoms with Gasteiger partial charge in [-0.3, -0.25) is 4.79 Å². The molecule has 168 valence electrons. The standard InChI is InChI=1S/C28H22N2O3S/c1-17-6-10-22(11-7-17)30-25-12-8-20(18(2)29-33-19(3)31)15-23(25)24-16-21(9-13-26(24)30)28(32)27-5-4-14-34-27/h4-16H,1-3H3/b29-18+. The number of carbonyl (C=O) groups is 2. The number of aryl methyl sites for hydroxylation is 1. The van der Waals surface area contributed by atoms with E-state index in [1.807, 2.05) is 53.9 Å². The number of thiophene rings is 1. The molecular weight excluding hydrogens is 444 g/mol. The number of fused-ring (bicyclic) bond motifs is 3. The van der Waals surface area contributed by atoms with E-state index in [0.29, 0.717) is 16.2 Å². The lowest BCUT2D eigenvalue weighted by Gasteiger charge is -2.09. The Morgan fingerprint density at radius 3 is 2.12 bits per heavy atom. The Bertz CT molecular complexity index is 1580. The number of benzene rings is 3. The van der Waals surface area contributed by atoms with Crippen molar-refractivity contribution in [3.8, 4) is 5.69 Å². The molecule has 0 unspecified atom stereocenters. The lowest BCUT2D eigenvalue weighted by Crippen LogP contribution is -1.99. The van der Waals surface area contributed by atoms with E-state index in [4.69, 9.17) is 4.84 Å². The Morgan fingerprint density at radius 1 is 0.853 bits per heavy atom. The van der Waals surface area contributed by atoms with Crippen LogP contribution in [-0.4, -0.2) is 22.0 Å². The second-order valence-corrected chi connectivity index (χ2v) is 9.15. The van der Waals surface area contributed by atoms with Crippen LogP contribution in [0, 0.1) is 6.92 Å². The van der Waals surface area contributed by atoms with Gasteiger partial charge in [-0.2, -0.15) is 0 Å². The summed E-state index contributed by atoms with van der Waals surface area (Å²) >= 11 is 1.44. The van der Waals surface area contributed by atoms with Gasteiger partial charge in [0.25, 0.3) is 0 Å². The van der Waals surface area contributed by atoms with Gasteiger partial charge in [0, 0.05) is 28.9 Å². The molecule has 0 atom stereocenters. The summed E-state index contributed by atoms with van der Waals surface area (Å²) in [5.74, 6) is -0.454. The summed E-state index contributed by atoms with van der Waals surface area (Å²) in [6.07, 6.45) is 0. The van der Waals surface area contributed by atoms with Gasteiger partial charge in [-0.05, 0) is 73.3 Å². The van der Waals surface area contributed by atoms with Crippen molar-refractivity contribution in [2.24, 2.45) is 5.16 Å². The smallest absolute Gasteiger partial charge is 0.318 e. The van der Waals surface area contributed by atoms with Crippen molar-refractivity contribution in [2.75, 3.05) is 0 Å². The molecule has 0 aliphatic carbocycles. The zero-order valence-electron chi connectivity index (χ0n) is 19.0. The molecule has 6 heteroatoms. The van der Waals surface area contributed by atoms with Gasteiger partial charge in [0.15, 0.2) is 0 Å². The Kier molecular flexibility index (Phi) is 5.59. The maximum absolute atomic E-state index is 13.1. The quantitative estimate of drug-likeness (QED) is 0.126. The first-order chi connectivity index (χ1) is 16.4. The Balaban J connectivity index is 1.75. The lowest BCUT2D eigenvalue weighted by atomic mass is 10.0. The molecule has 3 aromatic carbocycles. The van der Waals surface area contributed by atoms with Gasteiger partial charge >= 0.3 is 5.97 Å². The van der Waals surface area contributed by atoms with E-state index in [-0.39, 0.29) is 5.78 Å². The fourth-order valence-corrected chi connectivity index (χ4v) is 4.78. The van der Waals surface area contributed by atoms with Crippen LogP contribution in [0.4, 0.5) is 0 Å². The van der Waals surface area contributed by atoms with Crippen molar-refractivity contribution >= 4 is 50.6 Å². The van der Waals surface area contributed by atoms with Crippen molar-refractivity contribution in [3.05, 3.63) is 99.7 Å². The van der Waals surface area contributed by atoms with Crippen LogP contribution in [0.5, 0.6) is 0 Å². The summed E-state index contributed by atoms with van der Waals surface area (Å²) in [5.41, 5.74) is 6.34. The highest BCUT2D eigenvalue weighted by atomic mass is 32.1. The van der Waals surface area contributed by atoms with Gasteiger partial charge in [0.1, 0.15) is 0 Å².